The van der Waals surface area contributed by atoms with Crippen LogP contribution >= 0.6 is 11.3 Å². The maximum absolute atomic E-state index is 12.9. The first-order chi connectivity index (χ1) is 12.5. The standard InChI is InChI=1S/C17H24N6O2S/c1-20-14-13(15(24)21(2)17(20)25)23(10-12-6-4-8-26-12)16(19-14)22-7-3-5-11(18)9-22/h4,6,8,11,16,19H,3,5,7,9-10,18H2,1-2H3. The predicted octanol–water partition coefficient (Wildman–Crippen LogP) is 0.284. The van der Waals surface area contributed by atoms with Gasteiger partial charge < -0.3 is 16.0 Å². The molecule has 2 aromatic heterocycles. The number of nitrogens with two attached hydrogens (primary N) is 1. The zero-order valence-corrected chi connectivity index (χ0v) is 15.8. The van der Waals surface area contributed by atoms with Crippen LogP contribution in [0.4, 0.5) is 11.5 Å². The normalized spacial score (nSPS) is 23.1. The number of hydrogen-bond acceptors (Lipinski definition) is 7. The number of hydrogen-bond donors (Lipinski definition) is 2. The van der Waals surface area contributed by atoms with E-state index in [9.17, 15) is 9.59 Å². The lowest BCUT2D eigenvalue weighted by molar-refractivity contribution is 0.162. The van der Waals surface area contributed by atoms with Crippen LogP contribution in [0.15, 0.2) is 27.1 Å². The summed E-state index contributed by atoms with van der Waals surface area (Å²) in [5.74, 6) is 0.582. The third-order valence-corrected chi connectivity index (χ3v) is 6.09. The van der Waals surface area contributed by atoms with Gasteiger partial charge in [0.1, 0.15) is 11.5 Å². The molecule has 1 saturated heterocycles. The van der Waals surface area contributed by atoms with Gasteiger partial charge in [-0.2, -0.15) is 0 Å². The Morgan fingerprint density at radius 3 is 2.81 bits per heavy atom. The molecular formula is C17H24N6O2S. The molecule has 2 unspecified atom stereocenters. The van der Waals surface area contributed by atoms with Crippen LogP contribution in [0.5, 0.6) is 0 Å². The number of aromatic nitrogens is 2. The Labute approximate surface area is 155 Å². The quantitative estimate of drug-likeness (QED) is 0.800. The second-order valence-electron chi connectivity index (χ2n) is 7.03. The molecule has 0 amide bonds. The van der Waals surface area contributed by atoms with Crippen molar-refractivity contribution in [3.05, 3.63) is 43.2 Å². The van der Waals surface area contributed by atoms with Crippen molar-refractivity contribution in [3.8, 4) is 0 Å². The molecular weight excluding hydrogens is 352 g/mol. The van der Waals surface area contributed by atoms with Crippen molar-refractivity contribution in [2.24, 2.45) is 19.8 Å². The third kappa shape index (κ3) is 2.76. The van der Waals surface area contributed by atoms with Crippen molar-refractivity contribution in [1.82, 2.24) is 14.0 Å². The molecule has 3 N–H and O–H groups in total. The summed E-state index contributed by atoms with van der Waals surface area (Å²) in [5.41, 5.74) is 6.14. The molecule has 0 aliphatic carbocycles. The summed E-state index contributed by atoms with van der Waals surface area (Å²) in [6.45, 7) is 2.29. The van der Waals surface area contributed by atoms with Crippen molar-refractivity contribution in [3.63, 3.8) is 0 Å². The second-order valence-corrected chi connectivity index (χ2v) is 8.06. The molecule has 0 bridgehead atoms. The molecule has 0 radical (unpaired) electrons. The van der Waals surface area contributed by atoms with Gasteiger partial charge in [0, 0.05) is 38.1 Å². The molecule has 0 spiro atoms. The molecule has 4 heterocycles. The Kier molecular flexibility index (Phi) is 4.37. The monoisotopic (exact) mass is 376 g/mol. The van der Waals surface area contributed by atoms with Gasteiger partial charge >= 0.3 is 5.69 Å². The van der Waals surface area contributed by atoms with Crippen molar-refractivity contribution in [2.45, 2.75) is 31.7 Å². The highest BCUT2D eigenvalue weighted by Crippen LogP contribution is 2.34. The number of nitrogens with one attached hydrogen (secondary N) is 1. The third-order valence-electron chi connectivity index (χ3n) is 5.23. The summed E-state index contributed by atoms with van der Waals surface area (Å²) in [4.78, 5) is 30.7. The van der Waals surface area contributed by atoms with Crippen LogP contribution in [0.1, 0.15) is 17.7 Å². The maximum atomic E-state index is 12.9. The number of anilines is 2. The minimum Gasteiger partial charge on any atom is -0.337 e. The number of thiophene rings is 1. The Morgan fingerprint density at radius 1 is 1.31 bits per heavy atom. The molecule has 8 nitrogen and oxygen atoms in total. The van der Waals surface area contributed by atoms with Gasteiger partial charge in [-0.15, -0.1) is 11.3 Å². The molecule has 0 saturated carbocycles. The molecule has 9 heteroatoms. The molecule has 0 aromatic carbocycles. The highest BCUT2D eigenvalue weighted by molar-refractivity contribution is 7.09. The van der Waals surface area contributed by atoms with Crippen LogP contribution in [-0.4, -0.2) is 39.5 Å². The van der Waals surface area contributed by atoms with E-state index in [1.54, 1.807) is 18.4 Å². The van der Waals surface area contributed by atoms with E-state index in [1.807, 2.05) is 11.4 Å². The van der Waals surface area contributed by atoms with E-state index < -0.39 is 0 Å². The van der Waals surface area contributed by atoms with E-state index >= 15 is 0 Å². The van der Waals surface area contributed by atoms with E-state index in [0.29, 0.717) is 18.1 Å². The minimum absolute atomic E-state index is 0.129. The number of piperidine rings is 1. The SMILES string of the molecule is Cn1c2c(c(=O)n(C)c1=O)N(Cc1cccs1)C(N1CCCC(N)C1)N2. The number of nitrogens with zero attached hydrogens (tertiary/aromatic N) is 4. The molecule has 26 heavy (non-hydrogen) atoms. The summed E-state index contributed by atoms with van der Waals surface area (Å²) >= 11 is 1.66. The fraction of sp³-hybridized carbons (Fsp3) is 0.529. The van der Waals surface area contributed by atoms with Crippen molar-refractivity contribution >= 4 is 22.8 Å². The summed E-state index contributed by atoms with van der Waals surface area (Å²) in [7, 11) is 3.22. The molecule has 2 aliphatic rings. The lowest BCUT2D eigenvalue weighted by Gasteiger charge is -2.39. The van der Waals surface area contributed by atoms with Gasteiger partial charge in [-0.3, -0.25) is 18.8 Å². The molecule has 2 aromatic rings. The lowest BCUT2D eigenvalue weighted by Crippen LogP contribution is -2.56. The topological polar surface area (TPSA) is 88.5 Å². The average molecular weight is 376 g/mol. The van der Waals surface area contributed by atoms with Crippen LogP contribution in [0, 0.1) is 0 Å². The predicted molar refractivity (Wildman–Crippen MR) is 104 cm³/mol. The second kappa shape index (κ2) is 6.57. The van der Waals surface area contributed by atoms with Gasteiger partial charge in [0.2, 0.25) is 0 Å². The minimum atomic E-state index is -0.326. The van der Waals surface area contributed by atoms with E-state index in [-0.39, 0.29) is 23.6 Å². The molecule has 2 atom stereocenters. The van der Waals surface area contributed by atoms with Crippen molar-refractivity contribution in [2.75, 3.05) is 23.3 Å². The van der Waals surface area contributed by atoms with Gasteiger partial charge in [-0.1, -0.05) is 6.07 Å². The Balaban J connectivity index is 1.80. The lowest BCUT2D eigenvalue weighted by atomic mass is 10.1. The van der Waals surface area contributed by atoms with E-state index in [4.69, 9.17) is 5.73 Å². The van der Waals surface area contributed by atoms with Gasteiger partial charge in [0.25, 0.3) is 5.56 Å². The summed E-state index contributed by atoms with van der Waals surface area (Å²) in [6.07, 6.45) is 1.86. The number of fused-ring (bicyclic) bond motifs is 1. The van der Waals surface area contributed by atoms with Crippen LogP contribution in [0.25, 0.3) is 0 Å². The van der Waals surface area contributed by atoms with E-state index in [2.05, 4.69) is 21.2 Å². The van der Waals surface area contributed by atoms with Gasteiger partial charge in [0.15, 0.2) is 6.29 Å². The first-order valence-electron chi connectivity index (χ1n) is 8.82. The molecule has 2 aliphatic heterocycles. The summed E-state index contributed by atoms with van der Waals surface area (Å²) < 4.78 is 2.69. The number of likely N-dealkylation sites (tertiary alicyclic amines) is 1. The summed E-state index contributed by atoms with van der Waals surface area (Å²) in [5, 5.41) is 5.45. The molecule has 4 rings (SSSR count). The Bertz CT molecular complexity index is 919. The maximum Gasteiger partial charge on any atom is 0.332 e. The van der Waals surface area contributed by atoms with E-state index in [0.717, 1.165) is 25.9 Å². The summed E-state index contributed by atoms with van der Waals surface area (Å²) in [6, 6.07) is 4.20. The highest BCUT2D eigenvalue weighted by Gasteiger charge is 2.39. The average Bonchev–Trinajstić information content (AvgIpc) is 3.26. The Morgan fingerprint density at radius 2 is 2.12 bits per heavy atom. The molecule has 1 fully saturated rings. The highest BCUT2D eigenvalue weighted by atomic mass is 32.1. The van der Waals surface area contributed by atoms with Gasteiger partial charge in [0.05, 0.1) is 6.54 Å². The van der Waals surface area contributed by atoms with Crippen LogP contribution < -0.4 is 27.2 Å². The van der Waals surface area contributed by atoms with Crippen molar-refractivity contribution < 1.29 is 0 Å². The fourth-order valence-corrected chi connectivity index (χ4v) is 4.56. The van der Waals surface area contributed by atoms with Crippen molar-refractivity contribution in [1.29, 1.82) is 0 Å². The first kappa shape index (κ1) is 17.3. The Hall–Kier alpha value is -2.10. The molecule has 140 valence electrons. The van der Waals surface area contributed by atoms with E-state index in [1.165, 1.54) is 21.1 Å². The zero-order valence-electron chi connectivity index (χ0n) is 15.0. The van der Waals surface area contributed by atoms with Gasteiger partial charge in [-0.25, -0.2) is 4.79 Å². The zero-order chi connectivity index (χ0) is 18.4. The van der Waals surface area contributed by atoms with Crippen LogP contribution in [-0.2, 0) is 20.6 Å². The fourth-order valence-electron chi connectivity index (χ4n) is 3.86. The smallest absolute Gasteiger partial charge is 0.332 e. The van der Waals surface area contributed by atoms with Crippen LogP contribution in [0.2, 0.25) is 0 Å². The van der Waals surface area contributed by atoms with Gasteiger partial charge in [-0.05, 0) is 24.3 Å². The number of rotatable bonds is 3. The van der Waals surface area contributed by atoms with Crippen LogP contribution in [0.3, 0.4) is 0 Å². The largest absolute Gasteiger partial charge is 0.337 e. The first-order valence-corrected chi connectivity index (χ1v) is 9.70.